The van der Waals surface area contributed by atoms with Crippen molar-refractivity contribution in [1.82, 2.24) is 14.8 Å². The van der Waals surface area contributed by atoms with E-state index in [4.69, 9.17) is 4.74 Å². The molecule has 0 aliphatic carbocycles. The fourth-order valence-corrected chi connectivity index (χ4v) is 3.12. The summed E-state index contributed by atoms with van der Waals surface area (Å²) in [5, 5.41) is 6.38. The van der Waals surface area contributed by atoms with Crippen LogP contribution in [0.25, 0.3) is 0 Å². The molecule has 9 heteroatoms. The lowest BCUT2D eigenvalue weighted by Gasteiger charge is -2.28. The summed E-state index contributed by atoms with van der Waals surface area (Å²) in [5.74, 6) is -1.66. The fraction of sp³-hybridized carbons (Fsp3) is 0.421. The normalized spacial score (nSPS) is 16.8. The molecule has 28 heavy (non-hydrogen) atoms. The standard InChI is InChI=1S/C19H21F3N4O2/c1-5-28-16(27)14-11(4)23-18-24-17(19(20,21)22)25-26(18)15(14)13-8-6-12(7-9-13)10(2)3/h6-10,15H,5H2,1-4H3,(H,23,24,25). The summed E-state index contributed by atoms with van der Waals surface area (Å²) in [4.78, 5) is 16.1. The predicted molar refractivity (Wildman–Crippen MR) is 96.6 cm³/mol. The monoisotopic (exact) mass is 394 g/mol. The molecule has 150 valence electrons. The average Bonchev–Trinajstić information content (AvgIpc) is 3.04. The number of hydrogen-bond donors (Lipinski definition) is 1. The van der Waals surface area contributed by atoms with E-state index in [1.54, 1.807) is 26.0 Å². The van der Waals surface area contributed by atoms with Crippen LogP contribution in [0, 0.1) is 0 Å². The topological polar surface area (TPSA) is 69.0 Å². The van der Waals surface area contributed by atoms with Gasteiger partial charge < -0.3 is 10.1 Å². The molecule has 0 spiro atoms. The van der Waals surface area contributed by atoms with Crippen LogP contribution in [-0.4, -0.2) is 27.3 Å². The van der Waals surface area contributed by atoms with Gasteiger partial charge >= 0.3 is 12.1 Å². The molecule has 0 fully saturated rings. The Morgan fingerprint density at radius 2 is 1.93 bits per heavy atom. The highest BCUT2D eigenvalue weighted by molar-refractivity contribution is 5.92. The van der Waals surface area contributed by atoms with Gasteiger partial charge in [0.1, 0.15) is 6.04 Å². The van der Waals surface area contributed by atoms with Crippen molar-refractivity contribution in [3.63, 3.8) is 0 Å². The number of nitrogens with one attached hydrogen (secondary N) is 1. The summed E-state index contributed by atoms with van der Waals surface area (Å²) in [6, 6.07) is 6.48. The molecule has 0 saturated heterocycles. The Labute approximate surface area is 160 Å². The van der Waals surface area contributed by atoms with Crippen molar-refractivity contribution in [1.29, 1.82) is 0 Å². The second kappa shape index (κ2) is 7.29. The van der Waals surface area contributed by atoms with Crippen LogP contribution in [0.1, 0.15) is 56.6 Å². The Hall–Kier alpha value is -2.84. The van der Waals surface area contributed by atoms with Crippen LogP contribution >= 0.6 is 0 Å². The smallest absolute Gasteiger partial charge is 0.453 e. The van der Waals surface area contributed by atoms with Crippen LogP contribution in [0.2, 0.25) is 0 Å². The summed E-state index contributed by atoms with van der Waals surface area (Å²) in [5.41, 5.74) is 2.27. The van der Waals surface area contributed by atoms with E-state index < -0.39 is 24.0 Å². The number of ether oxygens (including phenoxy) is 1. The third-order valence-electron chi connectivity index (χ3n) is 4.52. The van der Waals surface area contributed by atoms with E-state index in [9.17, 15) is 18.0 Å². The lowest BCUT2D eigenvalue weighted by atomic mass is 9.93. The Bertz CT molecular complexity index is 914. The van der Waals surface area contributed by atoms with Gasteiger partial charge in [-0.1, -0.05) is 38.1 Å². The molecule has 0 saturated carbocycles. The molecule has 1 aliphatic heterocycles. The predicted octanol–water partition coefficient (Wildman–Crippen LogP) is 4.27. The molecule has 0 radical (unpaired) electrons. The number of halogens is 3. The van der Waals surface area contributed by atoms with Gasteiger partial charge in [-0.2, -0.15) is 18.2 Å². The van der Waals surface area contributed by atoms with Gasteiger partial charge in [0.2, 0.25) is 5.95 Å². The molecule has 1 aromatic carbocycles. The van der Waals surface area contributed by atoms with E-state index >= 15 is 0 Å². The number of anilines is 1. The highest BCUT2D eigenvalue weighted by atomic mass is 19.4. The molecule has 1 atom stereocenters. The molecule has 6 nitrogen and oxygen atoms in total. The highest BCUT2D eigenvalue weighted by Gasteiger charge is 2.41. The lowest BCUT2D eigenvalue weighted by molar-refractivity contribution is -0.145. The molecule has 2 aromatic rings. The molecular weight excluding hydrogens is 373 g/mol. The number of aromatic nitrogens is 3. The van der Waals surface area contributed by atoms with Gasteiger partial charge in [0, 0.05) is 5.70 Å². The van der Waals surface area contributed by atoms with Gasteiger partial charge in [0.15, 0.2) is 0 Å². The molecular formula is C19H21F3N4O2. The number of fused-ring (bicyclic) bond motifs is 1. The summed E-state index contributed by atoms with van der Waals surface area (Å²) in [6.45, 7) is 7.50. The number of benzene rings is 1. The number of hydrogen-bond acceptors (Lipinski definition) is 5. The van der Waals surface area contributed by atoms with Gasteiger partial charge in [-0.3, -0.25) is 0 Å². The highest BCUT2D eigenvalue weighted by Crippen LogP contribution is 2.38. The maximum absolute atomic E-state index is 13.1. The van der Waals surface area contributed by atoms with Crippen molar-refractivity contribution in [2.45, 2.75) is 45.8 Å². The molecule has 2 heterocycles. The maximum atomic E-state index is 13.1. The van der Waals surface area contributed by atoms with E-state index in [0.29, 0.717) is 17.2 Å². The van der Waals surface area contributed by atoms with Crippen molar-refractivity contribution in [3.8, 4) is 0 Å². The van der Waals surface area contributed by atoms with Crippen LogP contribution in [0.3, 0.4) is 0 Å². The first-order valence-electron chi connectivity index (χ1n) is 8.92. The van der Waals surface area contributed by atoms with Gasteiger partial charge in [0.05, 0.1) is 12.2 Å². The van der Waals surface area contributed by atoms with Gasteiger partial charge in [-0.15, -0.1) is 5.10 Å². The number of carbonyl (C=O) groups is 1. The molecule has 0 bridgehead atoms. The second-order valence-electron chi connectivity index (χ2n) is 6.81. The number of esters is 1. The summed E-state index contributed by atoms with van der Waals surface area (Å²) in [6.07, 6.45) is -4.70. The zero-order valence-electron chi connectivity index (χ0n) is 16.0. The number of carbonyl (C=O) groups excluding carboxylic acids is 1. The summed E-state index contributed by atoms with van der Waals surface area (Å²) >= 11 is 0. The van der Waals surface area contributed by atoms with E-state index in [0.717, 1.165) is 10.2 Å². The third kappa shape index (κ3) is 3.61. The molecule has 1 aliphatic rings. The zero-order chi connectivity index (χ0) is 20.6. The van der Waals surface area contributed by atoms with Crippen molar-refractivity contribution >= 4 is 11.9 Å². The van der Waals surface area contributed by atoms with E-state index in [2.05, 4.69) is 15.4 Å². The van der Waals surface area contributed by atoms with E-state index in [1.807, 2.05) is 26.0 Å². The molecule has 1 N–H and O–H groups in total. The number of rotatable bonds is 4. The third-order valence-corrected chi connectivity index (χ3v) is 4.52. The number of allylic oxidation sites excluding steroid dienone is 1. The summed E-state index contributed by atoms with van der Waals surface area (Å²) < 4.78 is 45.7. The largest absolute Gasteiger partial charge is 0.463 e. The maximum Gasteiger partial charge on any atom is 0.453 e. The minimum Gasteiger partial charge on any atom is -0.463 e. The van der Waals surface area contributed by atoms with Crippen LogP contribution in [0.4, 0.5) is 19.1 Å². The van der Waals surface area contributed by atoms with E-state index in [1.165, 1.54) is 0 Å². The second-order valence-corrected chi connectivity index (χ2v) is 6.81. The average molecular weight is 394 g/mol. The fourth-order valence-electron chi connectivity index (χ4n) is 3.12. The Balaban J connectivity index is 2.15. The Morgan fingerprint density at radius 3 is 2.46 bits per heavy atom. The van der Waals surface area contributed by atoms with E-state index in [-0.39, 0.29) is 18.1 Å². The van der Waals surface area contributed by atoms with Crippen LogP contribution in [0.15, 0.2) is 35.5 Å². The van der Waals surface area contributed by atoms with Gasteiger partial charge in [-0.05, 0) is 30.9 Å². The molecule has 3 rings (SSSR count). The van der Waals surface area contributed by atoms with Gasteiger partial charge in [0.25, 0.3) is 5.82 Å². The summed E-state index contributed by atoms with van der Waals surface area (Å²) in [7, 11) is 0. The Kier molecular flexibility index (Phi) is 5.18. The molecule has 0 amide bonds. The quantitative estimate of drug-likeness (QED) is 0.785. The zero-order valence-corrected chi connectivity index (χ0v) is 16.0. The van der Waals surface area contributed by atoms with Crippen LogP contribution < -0.4 is 5.32 Å². The van der Waals surface area contributed by atoms with Crippen LogP contribution in [-0.2, 0) is 15.7 Å². The lowest BCUT2D eigenvalue weighted by Crippen LogP contribution is -2.29. The minimum atomic E-state index is -4.70. The first-order valence-corrected chi connectivity index (χ1v) is 8.92. The SMILES string of the molecule is CCOC(=O)C1=C(C)Nc2nc(C(F)(F)F)nn2C1c1ccc(C(C)C)cc1. The minimum absolute atomic E-state index is 0.0733. The molecule has 1 aromatic heterocycles. The van der Waals surface area contributed by atoms with Crippen molar-refractivity contribution in [2.24, 2.45) is 0 Å². The van der Waals surface area contributed by atoms with Gasteiger partial charge in [-0.25, -0.2) is 9.48 Å². The number of alkyl halides is 3. The first kappa shape index (κ1) is 19.9. The molecule has 1 unspecified atom stereocenters. The Morgan fingerprint density at radius 1 is 1.29 bits per heavy atom. The van der Waals surface area contributed by atoms with Crippen molar-refractivity contribution < 1.29 is 22.7 Å². The number of nitrogens with zero attached hydrogens (tertiary/aromatic N) is 3. The van der Waals surface area contributed by atoms with Crippen molar-refractivity contribution in [3.05, 3.63) is 52.5 Å². The van der Waals surface area contributed by atoms with Crippen molar-refractivity contribution in [2.75, 3.05) is 11.9 Å². The first-order chi connectivity index (χ1) is 13.1. The van der Waals surface area contributed by atoms with Crippen LogP contribution in [0.5, 0.6) is 0 Å².